The molecule has 21 heavy (non-hydrogen) atoms. The fourth-order valence-corrected chi connectivity index (χ4v) is 2.77. The number of nitrogens with one attached hydrogen (secondary N) is 1. The van der Waals surface area contributed by atoms with Gasteiger partial charge in [-0.15, -0.1) is 0 Å². The molecule has 0 atom stereocenters. The lowest BCUT2D eigenvalue weighted by Gasteiger charge is -2.18. The SMILES string of the molecule is Cc1c(Br)cccc1C(=O)Nc1cc(Br)ccc1N(C)C. The second-order valence-electron chi connectivity index (χ2n) is 4.92. The van der Waals surface area contributed by atoms with Crippen LogP contribution < -0.4 is 10.2 Å². The Hall–Kier alpha value is -1.33. The highest BCUT2D eigenvalue weighted by Gasteiger charge is 2.13. The van der Waals surface area contributed by atoms with Crippen LogP contribution in [-0.4, -0.2) is 20.0 Å². The van der Waals surface area contributed by atoms with Crippen LogP contribution in [0.25, 0.3) is 0 Å². The van der Waals surface area contributed by atoms with Gasteiger partial charge in [0.25, 0.3) is 5.91 Å². The molecule has 0 heterocycles. The fraction of sp³-hybridized carbons (Fsp3) is 0.188. The first-order valence-electron chi connectivity index (χ1n) is 6.43. The minimum atomic E-state index is -0.116. The molecule has 1 N–H and O–H groups in total. The molecular formula is C16H16Br2N2O. The molecule has 1 amide bonds. The summed E-state index contributed by atoms with van der Waals surface area (Å²) in [5.41, 5.74) is 3.32. The molecule has 3 nitrogen and oxygen atoms in total. The molecule has 110 valence electrons. The number of amides is 1. The Morgan fingerprint density at radius 2 is 1.86 bits per heavy atom. The first-order chi connectivity index (χ1) is 9.90. The lowest BCUT2D eigenvalue weighted by molar-refractivity contribution is 0.102. The lowest BCUT2D eigenvalue weighted by Crippen LogP contribution is -2.17. The third-order valence-electron chi connectivity index (χ3n) is 3.20. The Bertz CT molecular complexity index is 684. The van der Waals surface area contributed by atoms with Crippen LogP contribution in [0.1, 0.15) is 15.9 Å². The number of carbonyl (C=O) groups is 1. The Kier molecular flexibility index (Phi) is 5.06. The molecule has 0 aliphatic rings. The molecule has 0 spiro atoms. The van der Waals surface area contributed by atoms with Gasteiger partial charge < -0.3 is 10.2 Å². The van der Waals surface area contributed by atoms with Crippen molar-refractivity contribution in [2.24, 2.45) is 0 Å². The molecule has 0 fully saturated rings. The summed E-state index contributed by atoms with van der Waals surface area (Å²) in [4.78, 5) is 14.5. The van der Waals surface area contributed by atoms with E-state index in [-0.39, 0.29) is 5.91 Å². The molecule has 0 unspecified atom stereocenters. The molecule has 2 aromatic rings. The molecule has 2 rings (SSSR count). The standard InChI is InChI=1S/C16H16Br2N2O/c1-10-12(5-4-6-13(10)18)16(21)19-14-9-11(17)7-8-15(14)20(2)3/h4-9H,1-3H3,(H,19,21). The molecule has 0 aliphatic carbocycles. The Balaban J connectivity index is 2.36. The summed E-state index contributed by atoms with van der Waals surface area (Å²) in [7, 11) is 3.90. The van der Waals surface area contributed by atoms with Crippen LogP contribution in [0.5, 0.6) is 0 Å². The van der Waals surface area contributed by atoms with Crippen molar-refractivity contribution in [2.45, 2.75) is 6.92 Å². The summed E-state index contributed by atoms with van der Waals surface area (Å²) in [5, 5.41) is 2.99. The van der Waals surface area contributed by atoms with E-state index < -0.39 is 0 Å². The average molecular weight is 412 g/mol. The van der Waals surface area contributed by atoms with Gasteiger partial charge in [-0.25, -0.2) is 0 Å². The van der Waals surface area contributed by atoms with Gasteiger partial charge in [0, 0.05) is 28.6 Å². The van der Waals surface area contributed by atoms with Crippen molar-refractivity contribution in [1.29, 1.82) is 0 Å². The molecule has 0 saturated carbocycles. The predicted octanol–water partition coefficient (Wildman–Crippen LogP) is 4.84. The smallest absolute Gasteiger partial charge is 0.256 e. The highest BCUT2D eigenvalue weighted by molar-refractivity contribution is 9.10. The quantitative estimate of drug-likeness (QED) is 0.783. The Morgan fingerprint density at radius 1 is 1.14 bits per heavy atom. The van der Waals surface area contributed by atoms with Crippen LogP contribution >= 0.6 is 31.9 Å². The maximum absolute atomic E-state index is 12.5. The van der Waals surface area contributed by atoms with Crippen molar-refractivity contribution >= 4 is 49.1 Å². The second-order valence-corrected chi connectivity index (χ2v) is 6.69. The van der Waals surface area contributed by atoms with Crippen LogP contribution in [-0.2, 0) is 0 Å². The maximum Gasteiger partial charge on any atom is 0.256 e. The maximum atomic E-state index is 12.5. The number of halogens is 2. The second kappa shape index (κ2) is 6.62. The Labute approximate surface area is 141 Å². The zero-order chi connectivity index (χ0) is 15.6. The molecule has 0 aromatic heterocycles. The van der Waals surface area contributed by atoms with E-state index in [0.717, 1.165) is 25.9 Å². The minimum absolute atomic E-state index is 0.116. The molecule has 5 heteroatoms. The van der Waals surface area contributed by atoms with Crippen LogP contribution in [0.4, 0.5) is 11.4 Å². The zero-order valence-corrected chi connectivity index (χ0v) is 15.2. The number of hydrogen-bond donors (Lipinski definition) is 1. The highest BCUT2D eigenvalue weighted by atomic mass is 79.9. The van der Waals surface area contributed by atoms with E-state index in [2.05, 4.69) is 37.2 Å². The van der Waals surface area contributed by atoms with Gasteiger partial charge in [0.2, 0.25) is 0 Å². The first kappa shape index (κ1) is 16.0. The summed E-state index contributed by atoms with van der Waals surface area (Å²) in [6.07, 6.45) is 0. The van der Waals surface area contributed by atoms with Crippen LogP contribution in [0.3, 0.4) is 0 Å². The van der Waals surface area contributed by atoms with E-state index in [1.165, 1.54) is 0 Å². The monoisotopic (exact) mass is 410 g/mol. The molecule has 0 radical (unpaired) electrons. The average Bonchev–Trinajstić information content (AvgIpc) is 2.41. The van der Waals surface area contributed by atoms with Crippen LogP contribution in [0.2, 0.25) is 0 Å². The third kappa shape index (κ3) is 3.66. The van der Waals surface area contributed by atoms with Crippen molar-refractivity contribution in [2.75, 3.05) is 24.3 Å². The summed E-state index contributed by atoms with van der Waals surface area (Å²) in [6.45, 7) is 1.92. The number of nitrogens with zero attached hydrogens (tertiary/aromatic N) is 1. The van der Waals surface area contributed by atoms with Crippen molar-refractivity contribution in [3.63, 3.8) is 0 Å². The van der Waals surface area contributed by atoms with Gasteiger partial charge in [-0.1, -0.05) is 37.9 Å². The minimum Gasteiger partial charge on any atom is -0.376 e. The third-order valence-corrected chi connectivity index (χ3v) is 4.55. The summed E-state index contributed by atoms with van der Waals surface area (Å²) in [6, 6.07) is 11.4. The zero-order valence-electron chi connectivity index (χ0n) is 12.1. The van der Waals surface area contributed by atoms with Gasteiger partial charge in [0.1, 0.15) is 0 Å². The van der Waals surface area contributed by atoms with Gasteiger partial charge in [-0.05, 0) is 42.8 Å². The normalized spacial score (nSPS) is 10.3. The van der Waals surface area contributed by atoms with Gasteiger partial charge in [-0.3, -0.25) is 4.79 Å². The van der Waals surface area contributed by atoms with Crippen LogP contribution in [0, 0.1) is 6.92 Å². The number of rotatable bonds is 3. The number of anilines is 2. The van der Waals surface area contributed by atoms with E-state index in [9.17, 15) is 4.79 Å². The fourth-order valence-electron chi connectivity index (χ4n) is 2.04. The summed E-state index contributed by atoms with van der Waals surface area (Å²) in [5.74, 6) is -0.116. The molecule has 0 saturated heterocycles. The first-order valence-corrected chi connectivity index (χ1v) is 8.02. The van der Waals surface area contributed by atoms with E-state index in [4.69, 9.17) is 0 Å². The number of hydrogen-bond acceptors (Lipinski definition) is 2. The van der Waals surface area contributed by atoms with Crippen molar-refractivity contribution in [3.05, 3.63) is 56.5 Å². The van der Waals surface area contributed by atoms with Crippen molar-refractivity contribution < 1.29 is 4.79 Å². The number of carbonyl (C=O) groups excluding carboxylic acids is 1. The van der Waals surface area contributed by atoms with Crippen molar-refractivity contribution in [3.8, 4) is 0 Å². The number of benzene rings is 2. The van der Waals surface area contributed by atoms with Crippen LogP contribution in [0.15, 0.2) is 45.3 Å². The van der Waals surface area contributed by atoms with E-state index >= 15 is 0 Å². The lowest BCUT2D eigenvalue weighted by atomic mass is 10.1. The van der Waals surface area contributed by atoms with Crippen molar-refractivity contribution in [1.82, 2.24) is 0 Å². The summed E-state index contributed by atoms with van der Waals surface area (Å²) < 4.78 is 1.85. The van der Waals surface area contributed by atoms with Gasteiger partial charge >= 0.3 is 0 Å². The van der Waals surface area contributed by atoms with Gasteiger partial charge in [0.15, 0.2) is 0 Å². The molecule has 2 aromatic carbocycles. The topological polar surface area (TPSA) is 32.3 Å². The Morgan fingerprint density at radius 3 is 2.52 bits per heavy atom. The van der Waals surface area contributed by atoms with Gasteiger partial charge in [0.05, 0.1) is 11.4 Å². The van der Waals surface area contributed by atoms with E-state index in [1.54, 1.807) is 0 Å². The van der Waals surface area contributed by atoms with E-state index in [0.29, 0.717) is 5.56 Å². The largest absolute Gasteiger partial charge is 0.376 e. The predicted molar refractivity (Wildman–Crippen MR) is 95.3 cm³/mol. The molecular weight excluding hydrogens is 396 g/mol. The summed E-state index contributed by atoms with van der Waals surface area (Å²) >= 11 is 6.89. The van der Waals surface area contributed by atoms with Gasteiger partial charge in [-0.2, -0.15) is 0 Å². The molecule has 0 bridgehead atoms. The van der Waals surface area contributed by atoms with E-state index in [1.807, 2.05) is 62.3 Å². The molecule has 0 aliphatic heterocycles. The highest BCUT2D eigenvalue weighted by Crippen LogP contribution is 2.29.